The molecular formula is C28H28F4N4O2. The number of nitrogens with zero attached hydrogens (tertiary/aromatic N) is 1. The number of H-pyrrole nitrogens is 2. The molecule has 2 aromatic heterocycles. The zero-order valence-corrected chi connectivity index (χ0v) is 20.8. The molecule has 1 amide bonds. The van der Waals surface area contributed by atoms with E-state index in [2.05, 4.69) is 20.3 Å². The van der Waals surface area contributed by atoms with Gasteiger partial charge in [-0.15, -0.1) is 0 Å². The number of rotatable bonds is 12. The first-order chi connectivity index (χ1) is 18.3. The Kier molecular flexibility index (Phi) is 8.60. The molecule has 0 bridgehead atoms. The zero-order valence-electron chi connectivity index (χ0n) is 20.8. The molecule has 2 heterocycles. The van der Waals surface area contributed by atoms with E-state index in [4.69, 9.17) is 0 Å². The second-order valence-electron chi connectivity index (χ2n) is 9.16. The third-order valence-corrected chi connectivity index (χ3v) is 6.52. The van der Waals surface area contributed by atoms with Crippen molar-refractivity contribution in [3.05, 3.63) is 77.4 Å². The molecular weight excluding hydrogens is 500 g/mol. The summed E-state index contributed by atoms with van der Waals surface area (Å²) in [5, 5.41) is 2.37. The summed E-state index contributed by atoms with van der Waals surface area (Å²) in [6.07, 6.45) is 6.19. The van der Waals surface area contributed by atoms with Crippen LogP contribution in [0.25, 0.3) is 22.2 Å². The Labute approximate surface area is 216 Å². The Bertz CT molecular complexity index is 1430. The Hall–Kier alpha value is -3.95. The van der Waals surface area contributed by atoms with Crippen molar-refractivity contribution in [3.8, 4) is 11.3 Å². The number of Topliss-reactive ketones (excluding diaryl/α,β-unsaturated/α-hetero) is 1. The van der Waals surface area contributed by atoms with Crippen molar-refractivity contribution in [1.82, 2.24) is 20.3 Å². The van der Waals surface area contributed by atoms with Gasteiger partial charge in [-0.2, -0.15) is 0 Å². The fraction of sp³-hybridized carbons (Fsp3) is 0.321. The molecule has 6 nitrogen and oxygen atoms in total. The van der Waals surface area contributed by atoms with Gasteiger partial charge in [0.1, 0.15) is 11.6 Å². The minimum absolute atomic E-state index is 0.00551. The molecule has 4 rings (SSSR count). The molecule has 0 saturated heterocycles. The lowest BCUT2D eigenvalue weighted by Gasteiger charge is -2.17. The van der Waals surface area contributed by atoms with Gasteiger partial charge >= 0.3 is 0 Å². The van der Waals surface area contributed by atoms with E-state index in [0.717, 1.165) is 30.3 Å². The van der Waals surface area contributed by atoms with E-state index in [-0.39, 0.29) is 11.3 Å². The van der Waals surface area contributed by atoms with Crippen LogP contribution < -0.4 is 5.32 Å². The maximum atomic E-state index is 14.4. The molecule has 0 unspecified atom stereocenters. The van der Waals surface area contributed by atoms with E-state index in [9.17, 15) is 27.2 Å². The van der Waals surface area contributed by atoms with E-state index >= 15 is 0 Å². The Morgan fingerprint density at radius 1 is 0.974 bits per heavy atom. The normalized spacial score (nSPS) is 12.1. The molecule has 0 aliphatic rings. The number of carbonyl (C=O) groups is 2. The number of hydrogen-bond acceptors (Lipinski definition) is 3. The summed E-state index contributed by atoms with van der Waals surface area (Å²) in [5.74, 6) is -6.76. The van der Waals surface area contributed by atoms with E-state index in [1.807, 2.05) is 37.3 Å². The van der Waals surface area contributed by atoms with Crippen LogP contribution in [-0.2, 0) is 16.0 Å². The van der Waals surface area contributed by atoms with Gasteiger partial charge in [0.25, 0.3) is 0 Å². The first-order valence-electron chi connectivity index (χ1n) is 12.5. The molecule has 4 aromatic rings. The second-order valence-corrected chi connectivity index (χ2v) is 9.16. The highest BCUT2D eigenvalue weighted by Gasteiger charge is 2.25. The number of ketones is 1. The second kappa shape index (κ2) is 12.1. The number of benzene rings is 2. The summed E-state index contributed by atoms with van der Waals surface area (Å²) in [5.41, 5.74) is 1.13. The molecule has 200 valence electrons. The predicted molar refractivity (Wildman–Crippen MR) is 135 cm³/mol. The number of unbranched alkanes of at least 4 members (excludes halogenated alkanes) is 2. The van der Waals surface area contributed by atoms with Crippen LogP contribution in [0.4, 0.5) is 17.6 Å². The highest BCUT2D eigenvalue weighted by molar-refractivity contribution is 5.90. The van der Waals surface area contributed by atoms with Crippen LogP contribution in [0.15, 0.2) is 42.7 Å². The summed E-state index contributed by atoms with van der Waals surface area (Å²) in [6, 6.07) is 9.00. The van der Waals surface area contributed by atoms with E-state index in [0.29, 0.717) is 31.5 Å². The zero-order chi connectivity index (χ0) is 27.2. The molecule has 2 aromatic carbocycles. The van der Waals surface area contributed by atoms with Crippen LogP contribution in [-0.4, -0.2) is 26.6 Å². The van der Waals surface area contributed by atoms with Gasteiger partial charge in [-0.05, 0) is 24.0 Å². The van der Waals surface area contributed by atoms with Gasteiger partial charge in [-0.1, -0.05) is 50.1 Å². The lowest BCUT2D eigenvalue weighted by molar-refractivity contribution is -0.121. The van der Waals surface area contributed by atoms with Crippen LogP contribution in [0, 0.1) is 23.3 Å². The average molecular weight is 529 g/mol. The summed E-state index contributed by atoms with van der Waals surface area (Å²) < 4.78 is 55.9. The van der Waals surface area contributed by atoms with Gasteiger partial charge < -0.3 is 15.3 Å². The molecule has 38 heavy (non-hydrogen) atoms. The topological polar surface area (TPSA) is 90.6 Å². The van der Waals surface area contributed by atoms with Crippen LogP contribution >= 0.6 is 0 Å². The van der Waals surface area contributed by atoms with Gasteiger partial charge in [0.15, 0.2) is 23.3 Å². The summed E-state index contributed by atoms with van der Waals surface area (Å²) in [6.45, 7) is 1.83. The summed E-state index contributed by atoms with van der Waals surface area (Å²) in [4.78, 5) is 34.6. The Morgan fingerprint density at radius 2 is 1.71 bits per heavy atom. The molecule has 0 radical (unpaired) electrons. The number of aromatic amines is 2. The lowest BCUT2D eigenvalue weighted by atomic mass is 10.0. The molecule has 0 aliphatic carbocycles. The quantitative estimate of drug-likeness (QED) is 0.0855. The lowest BCUT2D eigenvalue weighted by Crippen LogP contribution is -2.30. The monoisotopic (exact) mass is 528 g/mol. The number of fused-ring (bicyclic) bond motifs is 1. The van der Waals surface area contributed by atoms with E-state index in [1.54, 1.807) is 6.20 Å². The maximum absolute atomic E-state index is 14.4. The van der Waals surface area contributed by atoms with Crippen LogP contribution in [0.1, 0.15) is 62.9 Å². The number of nitrogens with one attached hydrogen (secondary N) is 3. The summed E-state index contributed by atoms with van der Waals surface area (Å²) >= 11 is 0. The molecule has 1 atom stereocenters. The van der Waals surface area contributed by atoms with Crippen LogP contribution in [0.3, 0.4) is 0 Å². The highest BCUT2D eigenvalue weighted by atomic mass is 19.2. The summed E-state index contributed by atoms with van der Waals surface area (Å²) in [7, 11) is 0. The van der Waals surface area contributed by atoms with Gasteiger partial charge in [-0.25, -0.2) is 22.5 Å². The number of amides is 1. The molecule has 0 aliphatic heterocycles. The van der Waals surface area contributed by atoms with Crippen molar-refractivity contribution in [1.29, 1.82) is 0 Å². The van der Waals surface area contributed by atoms with Crippen molar-refractivity contribution in [2.24, 2.45) is 0 Å². The first kappa shape index (κ1) is 27.1. The van der Waals surface area contributed by atoms with Gasteiger partial charge in [0, 0.05) is 24.4 Å². The van der Waals surface area contributed by atoms with Crippen molar-refractivity contribution in [2.75, 3.05) is 0 Å². The minimum Gasteiger partial charge on any atom is -0.358 e. The molecule has 0 spiro atoms. The molecule has 10 heteroatoms. The number of aromatic nitrogens is 3. The molecule has 3 N–H and O–H groups in total. The fourth-order valence-corrected chi connectivity index (χ4v) is 4.44. The molecule has 0 saturated carbocycles. The number of imidazole rings is 1. The third kappa shape index (κ3) is 5.95. The smallest absolute Gasteiger partial charge is 0.225 e. The SMILES string of the molecule is CCC(=O)CCCCC[C@H](NC(=O)Cc1c[nH]c2c(F)c(F)c(F)c(F)c12)c1ncc(-c2ccccc2)[nH]1. The molecule has 0 fully saturated rings. The van der Waals surface area contributed by atoms with E-state index < -0.39 is 52.5 Å². The van der Waals surface area contributed by atoms with Crippen molar-refractivity contribution in [3.63, 3.8) is 0 Å². The van der Waals surface area contributed by atoms with Gasteiger partial charge in [0.05, 0.1) is 29.9 Å². The third-order valence-electron chi connectivity index (χ3n) is 6.52. The fourth-order valence-electron chi connectivity index (χ4n) is 4.44. The van der Waals surface area contributed by atoms with Gasteiger partial charge in [-0.3, -0.25) is 9.59 Å². The van der Waals surface area contributed by atoms with Crippen LogP contribution in [0.2, 0.25) is 0 Å². The number of halogens is 4. The first-order valence-corrected chi connectivity index (χ1v) is 12.5. The maximum Gasteiger partial charge on any atom is 0.225 e. The highest BCUT2D eigenvalue weighted by Crippen LogP contribution is 2.29. The largest absolute Gasteiger partial charge is 0.358 e. The van der Waals surface area contributed by atoms with Crippen LogP contribution in [0.5, 0.6) is 0 Å². The number of carbonyl (C=O) groups excluding carboxylic acids is 2. The van der Waals surface area contributed by atoms with E-state index in [1.165, 1.54) is 0 Å². The van der Waals surface area contributed by atoms with Crippen molar-refractivity contribution in [2.45, 2.75) is 57.9 Å². The van der Waals surface area contributed by atoms with Gasteiger partial charge in [0.2, 0.25) is 5.91 Å². The Morgan fingerprint density at radius 3 is 2.45 bits per heavy atom. The standard InChI is InChI=1S/C28H28F4N4O2/c1-2-18(37)11-7-4-8-12-19(28-34-15-20(36-28)16-9-5-3-6-10-16)35-21(38)13-17-14-33-27-22(17)23(29)24(30)25(31)26(27)32/h3,5-6,9-10,14-15,19,33H,2,4,7-8,11-13H2,1H3,(H,34,36)(H,35,38)/t19-/m0/s1. The minimum atomic E-state index is -1.93. The Balaban J connectivity index is 1.51. The number of hydrogen-bond donors (Lipinski definition) is 3. The predicted octanol–water partition coefficient (Wildman–Crippen LogP) is 6.44. The average Bonchev–Trinajstić information content (AvgIpc) is 3.58. The van der Waals surface area contributed by atoms with Crippen molar-refractivity contribution < 1.29 is 27.2 Å². The van der Waals surface area contributed by atoms with Crippen molar-refractivity contribution >= 4 is 22.6 Å².